The Bertz CT molecular complexity index is 2110. The number of benzene rings is 5. The van der Waals surface area contributed by atoms with E-state index in [9.17, 15) is 14.4 Å². The summed E-state index contributed by atoms with van der Waals surface area (Å²) >= 11 is 0. The molecule has 0 atom stereocenters. The second-order valence-corrected chi connectivity index (χ2v) is 12.4. The minimum atomic E-state index is -0.330. The van der Waals surface area contributed by atoms with Crippen LogP contribution < -0.4 is 14.4 Å². The number of nitrogens with zero attached hydrogens (tertiary/aromatic N) is 2. The molecule has 5 aromatic rings. The average molecular weight is 621 g/mol. The number of amides is 3. The topological polar surface area (TPSA) is 76.1 Å². The number of carbonyl (C=O) groups excluding carboxylic acids is 3. The molecule has 47 heavy (non-hydrogen) atoms. The SMILES string of the molecule is C=C1c2cc(Oc3ccc(C(C)(C)c4ccc(Oc5ccc6c(c5)C(=O)N(C)C6=O)cc4)cc3)ccc2C(=O)N1c1cccc(C)c1. The second-order valence-electron chi connectivity index (χ2n) is 12.4. The average Bonchev–Trinajstić information content (AvgIpc) is 3.44. The minimum absolute atomic E-state index is 0.0984. The Morgan fingerprint density at radius 2 is 1.06 bits per heavy atom. The summed E-state index contributed by atoms with van der Waals surface area (Å²) in [6.07, 6.45) is 0. The molecule has 0 bridgehead atoms. The van der Waals surface area contributed by atoms with E-state index in [1.54, 1.807) is 29.2 Å². The zero-order valence-corrected chi connectivity index (χ0v) is 26.5. The summed E-state index contributed by atoms with van der Waals surface area (Å²) in [6.45, 7) is 10.5. The maximum atomic E-state index is 13.2. The lowest BCUT2D eigenvalue weighted by atomic mass is 9.78. The Morgan fingerprint density at radius 3 is 1.62 bits per heavy atom. The fourth-order valence-electron chi connectivity index (χ4n) is 6.14. The number of rotatable bonds is 7. The molecule has 0 saturated heterocycles. The fourth-order valence-corrected chi connectivity index (χ4v) is 6.14. The molecule has 3 amide bonds. The number of carbonyl (C=O) groups is 3. The molecule has 0 radical (unpaired) electrons. The normalized spacial score (nSPS) is 14.0. The zero-order valence-electron chi connectivity index (χ0n) is 26.5. The van der Waals surface area contributed by atoms with Gasteiger partial charge in [0.25, 0.3) is 17.7 Å². The van der Waals surface area contributed by atoms with E-state index in [1.165, 1.54) is 7.05 Å². The van der Waals surface area contributed by atoms with Crippen molar-refractivity contribution in [1.82, 2.24) is 4.90 Å². The highest BCUT2D eigenvalue weighted by Gasteiger charge is 2.34. The van der Waals surface area contributed by atoms with E-state index in [0.717, 1.165) is 32.8 Å². The molecule has 7 heteroatoms. The Morgan fingerprint density at radius 1 is 0.574 bits per heavy atom. The number of hydrogen-bond donors (Lipinski definition) is 0. The first kappa shape index (κ1) is 29.7. The van der Waals surface area contributed by atoms with Gasteiger partial charge in [0.05, 0.1) is 16.8 Å². The highest BCUT2D eigenvalue weighted by Crippen LogP contribution is 2.39. The Kier molecular flexibility index (Phi) is 7.05. The molecule has 0 aliphatic carbocycles. The molecular weight excluding hydrogens is 588 g/mol. The fraction of sp³-hybridized carbons (Fsp3) is 0.125. The van der Waals surface area contributed by atoms with E-state index in [2.05, 4.69) is 32.6 Å². The molecule has 232 valence electrons. The Hall–Kier alpha value is -5.95. The van der Waals surface area contributed by atoms with Crippen LogP contribution in [0.15, 0.2) is 116 Å². The van der Waals surface area contributed by atoms with Crippen molar-refractivity contribution in [3.63, 3.8) is 0 Å². The molecule has 5 aromatic carbocycles. The number of hydrogen-bond acceptors (Lipinski definition) is 5. The molecule has 7 rings (SSSR count). The van der Waals surface area contributed by atoms with Crippen LogP contribution in [0.5, 0.6) is 23.0 Å². The summed E-state index contributed by atoms with van der Waals surface area (Å²) in [7, 11) is 1.47. The summed E-state index contributed by atoms with van der Waals surface area (Å²) in [5, 5.41) is 0. The third-order valence-corrected chi connectivity index (χ3v) is 8.95. The van der Waals surface area contributed by atoms with Crippen LogP contribution in [-0.4, -0.2) is 29.7 Å². The molecule has 2 heterocycles. The van der Waals surface area contributed by atoms with E-state index in [4.69, 9.17) is 9.47 Å². The van der Waals surface area contributed by atoms with Gasteiger partial charge in [-0.05, 0) is 96.4 Å². The van der Waals surface area contributed by atoms with Crippen LogP contribution >= 0.6 is 0 Å². The lowest BCUT2D eigenvalue weighted by Crippen LogP contribution is -2.24. The maximum Gasteiger partial charge on any atom is 0.263 e. The molecule has 2 aliphatic heterocycles. The molecule has 0 fully saturated rings. The zero-order chi connectivity index (χ0) is 33.0. The van der Waals surface area contributed by atoms with Crippen molar-refractivity contribution in [2.75, 3.05) is 11.9 Å². The molecular formula is C40H32N2O5. The van der Waals surface area contributed by atoms with Crippen LogP contribution in [0.3, 0.4) is 0 Å². The molecule has 0 N–H and O–H groups in total. The summed E-state index contributed by atoms with van der Waals surface area (Å²) in [5.41, 5.74) is 6.47. The molecule has 0 spiro atoms. The number of aryl methyl sites for hydroxylation is 1. The first-order valence-electron chi connectivity index (χ1n) is 15.3. The van der Waals surface area contributed by atoms with Crippen molar-refractivity contribution < 1.29 is 23.9 Å². The van der Waals surface area contributed by atoms with Gasteiger partial charge in [-0.25, -0.2) is 0 Å². The van der Waals surface area contributed by atoms with E-state index < -0.39 is 0 Å². The van der Waals surface area contributed by atoms with E-state index in [-0.39, 0.29) is 23.1 Å². The van der Waals surface area contributed by atoms with Crippen LogP contribution in [0.1, 0.15) is 67.2 Å². The lowest BCUT2D eigenvalue weighted by Gasteiger charge is -2.26. The van der Waals surface area contributed by atoms with Crippen molar-refractivity contribution in [3.05, 3.63) is 155 Å². The summed E-state index contributed by atoms with van der Waals surface area (Å²) in [4.78, 5) is 40.5. The third-order valence-electron chi connectivity index (χ3n) is 8.95. The van der Waals surface area contributed by atoms with E-state index in [0.29, 0.717) is 45.4 Å². The van der Waals surface area contributed by atoms with Gasteiger partial charge in [0, 0.05) is 29.3 Å². The van der Waals surface area contributed by atoms with Crippen LogP contribution in [0.2, 0.25) is 0 Å². The molecule has 2 aliphatic rings. The quantitative estimate of drug-likeness (QED) is 0.170. The van der Waals surface area contributed by atoms with Gasteiger partial charge in [0.2, 0.25) is 0 Å². The largest absolute Gasteiger partial charge is 0.457 e. The van der Waals surface area contributed by atoms with Crippen molar-refractivity contribution in [2.45, 2.75) is 26.2 Å². The third kappa shape index (κ3) is 5.16. The van der Waals surface area contributed by atoms with Gasteiger partial charge in [0.15, 0.2) is 0 Å². The van der Waals surface area contributed by atoms with Crippen LogP contribution in [-0.2, 0) is 5.41 Å². The van der Waals surface area contributed by atoms with Crippen LogP contribution in [0, 0.1) is 6.92 Å². The van der Waals surface area contributed by atoms with Crippen LogP contribution in [0.25, 0.3) is 5.70 Å². The molecule has 7 nitrogen and oxygen atoms in total. The van der Waals surface area contributed by atoms with Crippen LogP contribution in [0.4, 0.5) is 5.69 Å². The van der Waals surface area contributed by atoms with E-state index >= 15 is 0 Å². The summed E-state index contributed by atoms with van der Waals surface area (Å²) in [6, 6.07) is 34.0. The standard InChI is InChI=1S/C40H32N2O5/c1-24-7-6-8-28(21-24)42-25(2)35-22-31(17-19-33(35)39(42)45)46-29-13-9-26(10-14-29)40(3,4)27-11-15-30(16-12-27)47-32-18-20-34-36(23-32)38(44)41(5)37(34)43/h6-23H,2H2,1,3-5H3. The predicted molar refractivity (Wildman–Crippen MR) is 181 cm³/mol. The number of ether oxygens (including phenoxy) is 2. The Labute approximate surface area is 273 Å². The van der Waals surface area contributed by atoms with E-state index in [1.807, 2.05) is 79.7 Å². The lowest BCUT2D eigenvalue weighted by molar-refractivity contribution is 0.0692. The van der Waals surface area contributed by atoms with Gasteiger partial charge in [-0.1, -0.05) is 56.8 Å². The van der Waals surface area contributed by atoms with Crippen molar-refractivity contribution in [1.29, 1.82) is 0 Å². The maximum absolute atomic E-state index is 13.2. The smallest absolute Gasteiger partial charge is 0.263 e. The number of anilines is 1. The first-order chi connectivity index (χ1) is 22.5. The van der Waals surface area contributed by atoms with Gasteiger partial charge in [-0.2, -0.15) is 0 Å². The van der Waals surface area contributed by atoms with Crippen molar-refractivity contribution in [2.24, 2.45) is 0 Å². The number of fused-ring (bicyclic) bond motifs is 2. The van der Waals surface area contributed by atoms with Crippen molar-refractivity contribution >= 4 is 29.1 Å². The van der Waals surface area contributed by atoms with Gasteiger partial charge in [-0.15, -0.1) is 0 Å². The summed E-state index contributed by atoms with van der Waals surface area (Å²) in [5.74, 6) is 1.69. The van der Waals surface area contributed by atoms with Crippen molar-refractivity contribution in [3.8, 4) is 23.0 Å². The van der Waals surface area contributed by atoms with Gasteiger partial charge in [0.1, 0.15) is 23.0 Å². The highest BCUT2D eigenvalue weighted by molar-refractivity contribution is 6.22. The summed E-state index contributed by atoms with van der Waals surface area (Å²) < 4.78 is 12.2. The minimum Gasteiger partial charge on any atom is -0.457 e. The first-order valence-corrected chi connectivity index (χ1v) is 15.3. The van der Waals surface area contributed by atoms with Gasteiger partial charge >= 0.3 is 0 Å². The highest BCUT2D eigenvalue weighted by atomic mass is 16.5. The second kappa shape index (κ2) is 11.1. The molecule has 0 aromatic heterocycles. The monoisotopic (exact) mass is 620 g/mol. The molecule has 0 saturated carbocycles. The van der Waals surface area contributed by atoms with Gasteiger partial charge < -0.3 is 9.47 Å². The number of imide groups is 1. The Balaban J connectivity index is 1.04. The predicted octanol–water partition coefficient (Wildman–Crippen LogP) is 8.76. The van der Waals surface area contributed by atoms with Gasteiger partial charge in [-0.3, -0.25) is 24.2 Å². The molecule has 0 unspecified atom stereocenters.